The van der Waals surface area contributed by atoms with E-state index in [2.05, 4.69) is 4.90 Å². The molecule has 5 rings (SSSR count). The number of benzene rings is 2. The molecule has 1 aliphatic rings. The molecule has 0 bridgehead atoms. The number of halogens is 3. The van der Waals surface area contributed by atoms with Crippen LogP contribution in [-0.2, 0) is 4.74 Å². The van der Waals surface area contributed by atoms with Gasteiger partial charge >= 0.3 is 0 Å². The third-order valence-electron chi connectivity index (χ3n) is 7.25. The summed E-state index contributed by atoms with van der Waals surface area (Å²) in [6.07, 6.45) is 3.22. The number of pyridine rings is 1. The summed E-state index contributed by atoms with van der Waals surface area (Å²) in [6, 6.07) is 9.04. The van der Waals surface area contributed by atoms with Crippen molar-refractivity contribution in [2.45, 2.75) is 32.6 Å². The zero-order valence-corrected chi connectivity index (χ0v) is 22.1. The summed E-state index contributed by atoms with van der Waals surface area (Å²) in [5, 5.41) is 0. The lowest BCUT2D eigenvalue weighted by atomic mass is 9.97. The Hall–Kier alpha value is -3.69. The smallest absolute Gasteiger partial charge is 0.255 e. The van der Waals surface area contributed by atoms with E-state index in [0.717, 1.165) is 38.5 Å². The molecule has 0 amide bonds. The number of piperidine rings is 1. The van der Waals surface area contributed by atoms with Crippen LogP contribution in [0.5, 0.6) is 0 Å². The Labute approximate surface area is 224 Å². The predicted molar refractivity (Wildman–Crippen MR) is 143 cm³/mol. The lowest BCUT2D eigenvalue weighted by Crippen LogP contribution is -2.35. The topological polar surface area (TPSA) is 60.5 Å². The van der Waals surface area contributed by atoms with Crippen molar-refractivity contribution >= 4 is 0 Å². The fourth-order valence-electron chi connectivity index (χ4n) is 5.27. The highest BCUT2D eigenvalue weighted by molar-refractivity contribution is 5.77. The first-order valence-corrected chi connectivity index (χ1v) is 12.9. The predicted octanol–water partition coefficient (Wildman–Crippen LogP) is 6.02. The lowest BCUT2D eigenvalue weighted by molar-refractivity contribution is 0.127. The summed E-state index contributed by atoms with van der Waals surface area (Å²) in [7, 11) is 1.68. The summed E-state index contributed by atoms with van der Waals surface area (Å²) >= 11 is 0. The molecule has 0 saturated carbocycles. The Morgan fingerprint density at radius 1 is 1.00 bits per heavy atom. The molecule has 2 aromatic heterocycles. The maximum atomic E-state index is 15.0. The number of methoxy groups -OCH3 is 1. The summed E-state index contributed by atoms with van der Waals surface area (Å²) in [4.78, 5) is 20.0. The van der Waals surface area contributed by atoms with E-state index in [1.165, 1.54) is 34.9 Å². The van der Waals surface area contributed by atoms with Crippen LogP contribution in [0.2, 0.25) is 0 Å². The van der Waals surface area contributed by atoms with Crippen molar-refractivity contribution in [2.75, 3.05) is 33.4 Å². The van der Waals surface area contributed by atoms with Crippen molar-refractivity contribution in [3.63, 3.8) is 0 Å². The van der Waals surface area contributed by atoms with Gasteiger partial charge in [-0.15, -0.1) is 0 Å². The van der Waals surface area contributed by atoms with E-state index in [-0.39, 0.29) is 28.6 Å². The maximum absolute atomic E-state index is 15.0. The van der Waals surface area contributed by atoms with Gasteiger partial charge in [0, 0.05) is 43.5 Å². The van der Waals surface area contributed by atoms with Crippen LogP contribution in [0.1, 0.15) is 35.8 Å². The zero-order valence-electron chi connectivity index (χ0n) is 22.1. The summed E-state index contributed by atoms with van der Waals surface area (Å²) in [5.74, 6) is -1.19. The van der Waals surface area contributed by atoms with Gasteiger partial charge in [-0.25, -0.2) is 18.2 Å². The molecule has 3 heterocycles. The van der Waals surface area contributed by atoms with Crippen LogP contribution in [-0.4, -0.2) is 47.8 Å². The number of likely N-dealkylation sites (tertiary alicyclic amines) is 1. The standard InChI is InChI=1S/C30H30F3N3O3/c1-18-14-23(32)15-19(2)28(18)36-17-21(4-7-26(36)37)27-29(24-6-5-22(31)16-25(24)33)39-30(34-27)20-8-10-35(11-9-20)12-13-38-3/h4-7,14-17,20H,8-13H2,1-3H3. The molecule has 6 nitrogen and oxygen atoms in total. The van der Waals surface area contributed by atoms with Crippen molar-refractivity contribution < 1.29 is 22.3 Å². The van der Waals surface area contributed by atoms with E-state index in [4.69, 9.17) is 14.1 Å². The third-order valence-corrected chi connectivity index (χ3v) is 7.25. The number of oxazole rings is 1. The van der Waals surface area contributed by atoms with E-state index in [0.29, 0.717) is 40.6 Å². The first-order chi connectivity index (χ1) is 18.7. The van der Waals surface area contributed by atoms with E-state index < -0.39 is 11.6 Å². The van der Waals surface area contributed by atoms with Crippen LogP contribution >= 0.6 is 0 Å². The second kappa shape index (κ2) is 11.2. The van der Waals surface area contributed by atoms with Crippen LogP contribution in [0.3, 0.4) is 0 Å². The zero-order chi connectivity index (χ0) is 27.7. The molecule has 4 aromatic rings. The first-order valence-electron chi connectivity index (χ1n) is 12.9. The number of hydrogen-bond donors (Lipinski definition) is 0. The molecule has 0 aliphatic carbocycles. The number of aromatic nitrogens is 2. The molecule has 1 aliphatic heterocycles. The molecule has 1 fully saturated rings. The number of nitrogens with zero attached hydrogens (tertiary/aromatic N) is 3. The normalized spacial score (nSPS) is 14.7. The van der Waals surface area contributed by atoms with Crippen LogP contribution in [0.25, 0.3) is 28.3 Å². The highest BCUT2D eigenvalue weighted by atomic mass is 19.1. The summed E-state index contributed by atoms with van der Waals surface area (Å²) < 4.78 is 55.5. The molecule has 1 saturated heterocycles. The molecule has 2 aromatic carbocycles. The van der Waals surface area contributed by atoms with Crippen LogP contribution < -0.4 is 5.56 Å². The Bertz CT molecular complexity index is 1530. The Balaban J connectivity index is 1.59. The molecule has 204 valence electrons. The van der Waals surface area contributed by atoms with Gasteiger partial charge < -0.3 is 14.1 Å². The second-order valence-electron chi connectivity index (χ2n) is 9.98. The summed E-state index contributed by atoms with van der Waals surface area (Å²) in [6.45, 7) is 6.66. The molecule has 9 heteroatoms. The third kappa shape index (κ3) is 5.55. The fourth-order valence-corrected chi connectivity index (χ4v) is 5.27. The van der Waals surface area contributed by atoms with E-state index in [1.54, 1.807) is 33.2 Å². The van der Waals surface area contributed by atoms with Gasteiger partial charge in [0.25, 0.3) is 5.56 Å². The largest absolute Gasteiger partial charge is 0.440 e. The minimum absolute atomic E-state index is 0.0206. The van der Waals surface area contributed by atoms with Gasteiger partial charge in [0.2, 0.25) is 0 Å². The Morgan fingerprint density at radius 3 is 2.38 bits per heavy atom. The van der Waals surface area contributed by atoms with Crippen molar-refractivity contribution in [2.24, 2.45) is 0 Å². The van der Waals surface area contributed by atoms with Crippen molar-refractivity contribution in [1.29, 1.82) is 0 Å². The fraction of sp³-hybridized carbons (Fsp3) is 0.333. The lowest BCUT2D eigenvalue weighted by Gasteiger charge is -2.30. The van der Waals surface area contributed by atoms with Gasteiger partial charge in [-0.2, -0.15) is 0 Å². The van der Waals surface area contributed by atoms with Crippen LogP contribution in [0.15, 0.2) is 57.9 Å². The number of hydrogen-bond acceptors (Lipinski definition) is 5. The van der Waals surface area contributed by atoms with Crippen LogP contribution in [0, 0.1) is 31.3 Å². The highest BCUT2D eigenvalue weighted by Crippen LogP contribution is 2.38. The van der Waals surface area contributed by atoms with Gasteiger partial charge in [0.1, 0.15) is 23.1 Å². The van der Waals surface area contributed by atoms with Gasteiger partial charge in [0.15, 0.2) is 11.7 Å². The molecular weight excluding hydrogens is 507 g/mol. The molecule has 39 heavy (non-hydrogen) atoms. The number of ether oxygens (including phenoxy) is 1. The van der Waals surface area contributed by atoms with Gasteiger partial charge in [0.05, 0.1) is 17.9 Å². The minimum atomic E-state index is -0.771. The average molecular weight is 538 g/mol. The second-order valence-corrected chi connectivity index (χ2v) is 9.98. The number of rotatable bonds is 7. The summed E-state index contributed by atoms with van der Waals surface area (Å²) in [5.41, 5.74) is 2.39. The Kier molecular flexibility index (Phi) is 7.72. The van der Waals surface area contributed by atoms with Crippen molar-refractivity contribution in [1.82, 2.24) is 14.5 Å². The van der Waals surface area contributed by atoms with Crippen molar-refractivity contribution in [3.8, 4) is 28.3 Å². The van der Waals surface area contributed by atoms with Gasteiger partial charge in [-0.05, 0) is 81.2 Å². The maximum Gasteiger partial charge on any atom is 0.255 e. The average Bonchev–Trinajstić information content (AvgIpc) is 3.33. The molecule has 0 unspecified atom stereocenters. The SMILES string of the molecule is COCCN1CCC(c2nc(-c3ccc(=O)n(-c4c(C)cc(F)cc4C)c3)c(-c3ccc(F)cc3F)o2)CC1. The van der Waals surface area contributed by atoms with Gasteiger partial charge in [-0.3, -0.25) is 9.36 Å². The molecular formula is C30H30F3N3O3. The number of aryl methyl sites for hydroxylation is 2. The highest BCUT2D eigenvalue weighted by Gasteiger charge is 2.28. The van der Waals surface area contributed by atoms with E-state index in [9.17, 15) is 18.0 Å². The van der Waals surface area contributed by atoms with E-state index >= 15 is 0 Å². The van der Waals surface area contributed by atoms with Crippen molar-refractivity contribution in [3.05, 3.63) is 93.5 Å². The monoisotopic (exact) mass is 537 g/mol. The van der Waals surface area contributed by atoms with Crippen LogP contribution in [0.4, 0.5) is 13.2 Å². The minimum Gasteiger partial charge on any atom is -0.440 e. The van der Waals surface area contributed by atoms with E-state index in [1.807, 2.05) is 0 Å². The molecule has 0 radical (unpaired) electrons. The molecule has 0 atom stereocenters. The first kappa shape index (κ1) is 26.9. The Morgan fingerprint density at radius 2 is 1.72 bits per heavy atom. The van der Waals surface area contributed by atoms with Gasteiger partial charge in [-0.1, -0.05) is 0 Å². The molecule has 0 spiro atoms. The quantitative estimate of drug-likeness (QED) is 0.289. The molecule has 0 N–H and O–H groups in total.